The molecule has 1 heterocycles. The molecule has 2 rings (SSSR count). The van der Waals surface area contributed by atoms with E-state index < -0.39 is 0 Å². The minimum atomic E-state index is -0.0115. The van der Waals surface area contributed by atoms with E-state index in [1.807, 2.05) is 23.6 Å². The van der Waals surface area contributed by atoms with E-state index in [-0.39, 0.29) is 6.61 Å². The Balaban J connectivity index is 2.18. The molecule has 0 amide bonds. The molecule has 0 radical (unpaired) electrons. The van der Waals surface area contributed by atoms with Gasteiger partial charge in [-0.15, -0.1) is 11.3 Å². The molecule has 1 N–H and O–H groups in total. The maximum atomic E-state index is 8.98. The molecule has 0 aliphatic carbocycles. The fourth-order valence-corrected chi connectivity index (χ4v) is 2.49. The van der Waals surface area contributed by atoms with E-state index in [2.05, 4.69) is 4.98 Å². The first-order chi connectivity index (χ1) is 8.76. The number of thiazole rings is 1. The van der Waals surface area contributed by atoms with E-state index in [0.29, 0.717) is 5.75 Å². The summed E-state index contributed by atoms with van der Waals surface area (Å²) in [5.41, 5.74) is 1.82. The summed E-state index contributed by atoms with van der Waals surface area (Å²) in [5, 5.41) is 11.8. The first-order valence-electron chi connectivity index (χ1n) is 5.52. The summed E-state index contributed by atoms with van der Waals surface area (Å²) in [4.78, 5) is 4.32. The highest BCUT2D eigenvalue weighted by Gasteiger charge is 2.07. The molecule has 0 saturated heterocycles. The Kier molecular flexibility index (Phi) is 4.17. The van der Waals surface area contributed by atoms with E-state index >= 15 is 0 Å². The lowest BCUT2D eigenvalue weighted by Crippen LogP contribution is -1.94. The smallest absolute Gasteiger partial charge is 0.160 e. The predicted octanol–water partition coefficient (Wildman–Crippen LogP) is 2.24. The molecule has 96 valence electrons. The van der Waals surface area contributed by atoms with E-state index in [9.17, 15) is 0 Å². The van der Waals surface area contributed by atoms with Crippen molar-refractivity contribution in [2.24, 2.45) is 0 Å². The molecule has 0 spiro atoms. The number of hydrogen-bond acceptors (Lipinski definition) is 5. The molecule has 1 aromatic carbocycles. The van der Waals surface area contributed by atoms with Crippen LogP contribution in [0.15, 0.2) is 23.6 Å². The van der Waals surface area contributed by atoms with E-state index in [1.54, 1.807) is 25.6 Å². The van der Waals surface area contributed by atoms with Crippen LogP contribution in [0.2, 0.25) is 0 Å². The highest BCUT2D eigenvalue weighted by atomic mass is 32.1. The van der Waals surface area contributed by atoms with Gasteiger partial charge in [-0.2, -0.15) is 0 Å². The quantitative estimate of drug-likeness (QED) is 0.901. The van der Waals surface area contributed by atoms with Crippen LogP contribution in [-0.4, -0.2) is 24.3 Å². The number of methoxy groups -OCH3 is 2. The molecule has 0 fully saturated rings. The Labute approximate surface area is 110 Å². The topological polar surface area (TPSA) is 51.6 Å². The summed E-state index contributed by atoms with van der Waals surface area (Å²) in [6.07, 6.45) is 0.727. The predicted molar refractivity (Wildman–Crippen MR) is 70.4 cm³/mol. The van der Waals surface area contributed by atoms with Gasteiger partial charge < -0.3 is 14.6 Å². The monoisotopic (exact) mass is 265 g/mol. The normalized spacial score (nSPS) is 10.4. The minimum absolute atomic E-state index is 0.0115. The third kappa shape index (κ3) is 2.80. The Morgan fingerprint density at radius 2 is 2.00 bits per heavy atom. The molecule has 0 aliphatic rings. The van der Waals surface area contributed by atoms with Crippen LogP contribution in [-0.2, 0) is 13.0 Å². The minimum Gasteiger partial charge on any atom is -0.493 e. The first kappa shape index (κ1) is 12.9. The summed E-state index contributed by atoms with van der Waals surface area (Å²) < 4.78 is 10.5. The number of rotatable bonds is 5. The molecule has 0 aliphatic heterocycles. The van der Waals surface area contributed by atoms with Gasteiger partial charge in [0, 0.05) is 11.8 Å². The lowest BCUT2D eigenvalue weighted by atomic mass is 10.1. The van der Waals surface area contributed by atoms with E-state index in [4.69, 9.17) is 14.6 Å². The zero-order chi connectivity index (χ0) is 13.0. The van der Waals surface area contributed by atoms with Gasteiger partial charge in [-0.25, -0.2) is 4.98 Å². The third-order valence-electron chi connectivity index (χ3n) is 2.56. The van der Waals surface area contributed by atoms with Crippen molar-refractivity contribution in [2.75, 3.05) is 14.2 Å². The average Bonchev–Trinajstić information content (AvgIpc) is 2.86. The zero-order valence-corrected chi connectivity index (χ0v) is 11.2. The molecule has 5 heteroatoms. The molecule has 0 saturated carbocycles. The number of nitrogens with zero attached hydrogens (tertiary/aromatic N) is 1. The van der Waals surface area contributed by atoms with Gasteiger partial charge in [-0.05, 0) is 17.7 Å². The summed E-state index contributed by atoms with van der Waals surface area (Å²) in [5.74, 6) is 1.44. The van der Waals surface area contributed by atoms with Crippen LogP contribution in [0.3, 0.4) is 0 Å². The van der Waals surface area contributed by atoms with Gasteiger partial charge in [0.25, 0.3) is 0 Å². The first-order valence-corrected chi connectivity index (χ1v) is 6.40. The Bertz CT molecular complexity index is 525. The van der Waals surface area contributed by atoms with Crippen molar-refractivity contribution in [1.29, 1.82) is 0 Å². The van der Waals surface area contributed by atoms with E-state index in [0.717, 1.165) is 28.4 Å². The zero-order valence-electron chi connectivity index (χ0n) is 10.3. The standard InChI is InChI=1S/C13H15NO3S/c1-16-11-4-3-9(5-12(11)17-2)6-13-14-10(7-15)8-18-13/h3-5,8,15H,6-7H2,1-2H3. The lowest BCUT2D eigenvalue weighted by Gasteiger charge is -2.08. The molecule has 4 nitrogen and oxygen atoms in total. The van der Waals surface area contributed by atoms with Gasteiger partial charge in [0.1, 0.15) is 0 Å². The van der Waals surface area contributed by atoms with E-state index in [1.165, 1.54) is 0 Å². The highest BCUT2D eigenvalue weighted by molar-refractivity contribution is 7.09. The summed E-state index contributed by atoms with van der Waals surface area (Å²) in [6.45, 7) is -0.0115. The Hall–Kier alpha value is -1.59. The maximum absolute atomic E-state index is 8.98. The van der Waals surface area contributed by atoms with Gasteiger partial charge in [-0.3, -0.25) is 0 Å². The lowest BCUT2D eigenvalue weighted by molar-refractivity contribution is 0.277. The van der Waals surface area contributed by atoms with Gasteiger partial charge in [0.15, 0.2) is 11.5 Å². The van der Waals surface area contributed by atoms with Gasteiger partial charge >= 0.3 is 0 Å². The van der Waals surface area contributed by atoms with Gasteiger partial charge in [0.2, 0.25) is 0 Å². The molecule has 0 unspecified atom stereocenters. The molecule has 1 aromatic heterocycles. The summed E-state index contributed by atoms with van der Waals surface area (Å²) >= 11 is 1.55. The fourth-order valence-electron chi connectivity index (χ4n) is 1.67. The highest BCUT2D eigenvalue weighted by Crippen LogP contribution is 2.28. The number of aliphatic hydroxyl groups is 1. The number of hydrogen-bond donors (Lipinski definition) is 1. The molecular weight excluding hydrogens is 250 g/mol. The largest absolute Gasteiger partial charge is 0.493 e. The second-order valence-electron chi connectivity index (χ2n) is 3.76. The van der Waals surface area contributed by atoms with Crippen molar-refractivity contribution >= 4 is 11.3 Å². The molecule has 2 aromatic rings. The Morgan fingerprint density at radius 1 is 1.22 bits per heavy atom. The number of aromatic nitrogens is 1. The third-order valence-corrected chi connectivity index (χ3v) is 3.46. The van der Waals surface area contributed by atoms with Crippen LogP contribution in [0.4, 0.5) is 0 Å². The van der Waals surface area contributed by atoms with Crippen LogP contribution in [0.1, 0.15) is 16.3 Å². The van der Waals surface area contributed by atoms with Crippen molar-refractivity contribution in [2.45, 2.75) is 13.0 Å². The second kappa shape index (κ2) is 5.84. The van der Waals surface area contributed by atoms with Crippen LogP contribution in [0, 0.1) is 0 Å². The van der Waals surface area contributed by atoms with Crippen molar-refractivity contribution in [1.82, 2.24) is 4.98 Å². The van der Waals surface area contributed by atoms with Gasteiger partial charge in [0.05, 0.1) is 31.5 Å². The SMILES string of the molecule is COc1ccc(Cc2nc(CO)cs2)cc1OC. The molecule has 18 heavy (non-hydrogen) atoms. The summed E-state index contributed by atoms with van der Waals surface area (Å²) in [7, 11) is 3.24. The fraction of sp³-hybridized carbons (Fsp3) is 0.308. The molecule has 0 atom stereocenters. The number of aliphatic hydroxyl groups excluding tert-OH is 1. The Morgan fingerprint density at radius 3 is 2.61 bits per heavy atom. The molecular formula is C13H15NO3S. The number of ether oxygens (including phenoxy) is 2. The van der Waals surface area contributed by atoms with Crippen molar-refractivity contribution in [3.8, 4) is 11.5 Å². The van der Waals surface area contributed by atoms with Crippen LogP contribution in [0.5, 0.6) is 11.5 Å². The van der Waals surface area contributed by atoms with Crippen LogP contribution >= 0.6 is 11.3 Å². The van der Waals surface area contributed by atoms with Gasteiger partial charge in [-0.1, -0.05) is 6.07 Å². The van der Waals surface area contributed by atoms with Crippen molar-refractivity contribution < 1.29 is 14.6 Å². The van der Waals surface area contributed by atoms with Crippen LogP contribution < -0.4 is 9.47 Å². The number of benzene rings is 1. The van der Waals surface area contributed by atoms with Crippen molar-refractivity contribution in [3.63, 3.8) is 0 Å². The summed E-state index contributed by atoms with van der Waals surface area (Å²) in [6, 6.07) is 5.81. The van der Waals surface area contributed by atoms with Crippen molar-refractivity contribution in [3.05, 3.63) is 39.8 Å². The van der Waals surface area contributed by atoms with Crippen LogP contribution in [0.25, 0.3) is 0 Å². The second-order valence-corrected chi connectivity index (χ2v) is 4.70. The maximum Gasteiger partial charge on any atom is 0.160 e. The molecule has 0 bridgehead atoms. The average molecular weight is 265 g/mol.